The molecule has 0 unspecified atom stereocenters. The van der Waals surface area contributed by atoms with E-state index in [1.165, 1.54) is 66.5 Å². The molecule has 5 aromatic carbocycles. The zero-order valence-corrected chi connectivity index (χ0v) is 33.0. The summed E-state index contributed by atoms with van der Waals surface area (Å²) in [4.78, 5) is 0. The molecule has 0 N–H and O–H groups in total. The van der Waals surface area contributed by atoms with Crippen LogP contribution in [-0.4, -0.2) is 24.2 Å². The summed E-state index contributed by atoms with van der Waals surface area (Å²) in [5, 5.41) is 6.43. The molecule has 0 saturated heterocycles. The van der Waals surface area contributed by atoms with Crippen LogP contribution in [0.5, 0.6) is 0 Å². The van der Waals surface area contributed by atoms with E-state index in [0.29, 0.717) is 0 Å². The molecule has 0 amide bonds. The maximum atomic E-state index is 2.68. The number of hydrogen-bond donors (Lipinski definition) is 0. The van der Waals surface area contributed by atoms with Gasteiger partial charge in [-0.2, -0.15) is 0 Å². The molecule has 2 aliphatic carbocycles. The fourth-order valence-electron chi connectivity index (χ4n) is 7.81. The van der Waals surface area contributed by atoms with Crippen LogP contribution in [0.1, 0.15) is 27.8 Å². The first-order valence-electron chi connectivity index (χ1n) is 17.8. The third-order valence-electron chi connectivity index (χ3n) is 11.1. The number of hydrogen-bond acceptors (Lipinski definition) is 0. The maximum absolute atomic E-state index is 2.68. The van der Waals surface area contributed by atoms with Gasteiger partial charge in [-0.1, -0.05) is 194 Å². The van der Waals surface area contributed by atoms with Crippen LogP contribution in [0.15, 0.2) is 126 Å². The van der Waals surface area contributed by atoms with Gasteiger partial charge in [0.2, 0.25) is 0 Å². The van der Waals surface area contributed by atoms with E-state index in [4.69, 9.17) is 0 Å². The Morgan fingerprint density at radius 2 is 0.896 bits per heavy atom. The standard InChI is InChI=1S/C45H50Si3/c1-46(2,3)38-23-19-34(20-24-38)42-17-11-15-36-29-40(31-44(36)42)48(7,28-27-33-13-9-8-10-14-33)41-30-37-16-12-18-43(45(37)32-41)35-21-25-39(26-22-35)47(4,5)6/h8-26,31-32H,27-30H2,1-7H3. The molecule has 0 atom stereocenters. The third-order valence-corrected chi connectivity index (χ3v) is 19.9. The zero-order valence-electron chi connectivity index (χ0n) is 30.0. The number of aryl methyl sites for hydroxylation is 1. The van der Waals surface area contributed by atoms with Crippen molar-refractivity contribution in [1.82, 2.24) is 0 Å². The predicted octanol–water partition coefficient (Wildman–Crippen LogP) is 11.1. The molecule has 0 heterocycles. The fraction of sp³-hybridized carbons (Fsp3) is 0.244. The quantitative estimate of drug-likeness (QED) is 0.137. The lowest BCUT2D eigenvalue weighted by Crippen LogP contribution is -2.37. The van der Waals surface area contributed by atoms with Crippen molar-refractivity contribution in [3.63, 3.8) is 0 Å². The van der Waals surface area contributed by atoms with E-state index in [2.05, 4.69) is 173 Å². The molecule has 0 aromatic heterocycles. The van der Waals surface area contributed by atoms with Crippen molar-refractivity contribution in [3.05, 3.63) is 153 Å². The smallest absolute Gasteiger partial charge is 0.0712 e. The van der Waals surface area contributed by atoms with Crippen LogP contribution < -0.4 is 10.4 Å². The van der Waals surface area contributed by atoms with Crippen molar-refractivity contribution < 1.29 is 0 Å². The van der Waals surface area contributed by atoms with Crippen LogP contribution in [0.2, 0.25) is 51.9 Å². The summed E-state index contributed by atoms with van der Waals surface area (Å²) < 4.78 is 0. The van der Waals surface area contributed by atoms with Crippen molar-refractivity contribution >= 4 is 46.7 Å². The van der Waals surface area contributed by atoms with Gasteiger partial charge in [0.1, 0.15) is 8.07 Å². The second-order valence-electron chi connectivity index (χ2n) is 16.4. The normalized spacial score (nSPS) is 14.4. The Morgan fingerprint density at radius 1 is 0.458 bits per heavy atom. The second kappa shape index (κ2) is 12.6. The molecule has 5 aromatic rings. The summed E-state index contributed by atoms with van der Waals surface area (Å²) in [6.07, 6.45) is 8.54. The molecule has 242 valence electrons. The Labute approximate surface area is 292 Å². The lowest BCUT2D eigenvalue weighted by molar-refractivity contribution is 1.07. The molecule has 0 nitrogen and oxygen atoms in total. The van der Waals surface area contributed by atoms with Crippen LogP contribution in [0, 0.1) is 0 Å². The summed E-state index contributed by atoms with van der Waals surface area (Å²) in [5.41, 5.74) is 12.8. The number of fused-ring (bicyclic) bond motifs is 2. The summed E-state index contributed by atoms with van der Waals surface area (Å²) in [6.45, 7) is 17.3. The summed E-state index contributed by atoms with van der Waals surface area (Å²) in [5.74, 6) is 0. The van der Waals surface area contributed by atoms with E-state index in [1.54, 1.807) is 10.4 Å². The van der Waals surface area contributed by atoms with Crippen molar-refractivity contribution in [3.8, 4) is 22.3 Å². The first kappa shape index (κ1) is 32.8. The van der Waals surface area contributed by atoms with Crippen LogP contribution >= 0.6 is 0 Å². The Morgan fingerprint density at radius 3 is 1.31 bits per heavy atom. The molecule has 7 rings (SSSR count). The molecule has 0 aliphatic heterocycles. The van der Waals surface area contributed by atoms with Gasteiger partial charge in [-0.3, -0.25) is 0 Å². The largest absolute Gasteiger partial charge is 0.107 e. The van der Waals surface area contributed by atoms with Crippen molar-refractivity contribution in [2.75, 3.05) is 0 Å². The van der Waals surface area contributed by atoms with Gasteiger partial charge in [-0.05, 0) is 75.4 Å². The lowest BCUT2D eigenvalue weighted by Gasteiger charge is -2.31. The highest BCUT2D eigenvalue weighted by Crippen LogP contribution is 2.45. The second-order valence-corrected chi connectivity index (χ2v) is 31.0. The summed E-state index contributed by atoms with van der Waals surface area (Å²) in [6, 6.07) is 45.4. The molecule has 0 spiro atoms. The number of rotatable bonds is 9. The maximum Gasteiger partial charge on any atom is 0.107 e. The first-order valence-corrected chi connectivity index (χ1v) is 27.5. The number of benzene rings is 5. The number of allylic oxidation sites excluding steroid dienone is 2. The van der Waals surface area contributed by atoms with E-state index in [-0.39, 0.29) is 0 Å². The van der Waals surface area contributed by atoms with Gasteiger partial charge in [0.25, 0.3) is 0 Å². The molecular formula is C45H50Si3. The fourth-order valence-corrected chi connectivity index (χ4v) is 14.1. The Balaban J connectivity index is 1.28. The van der Waals surface area contributed by atoms with Gasteiger partial charge in [0, 0.05) is 0 Å². The van der Waals surface area contributed by atoms with Gasteiger partial charge >= 0.3 is 0 Å². The van der Waals surface area contributed by atoms with Crippen LogP contribution in [0.3, 0.4) is 0 Å². The SMILES string of the molecule is C[Si](CCc1ccccc1)(C1=Cc2c(cccc2-c2ccc([Si](C)(C)C)cc2)C1)C1=Cc2c(cccc2-c2ccc([Si](C)(C)C)cc2)C1. The first-order chi connectivity index (χ1) is 22.9. The van der Waals surface area contributed by atoms with Gasteiger partial charge in [0.05, 0.1) is 16.1 Å². The van der Waals surface area contributed by atoms with Crippen LogP contribution in [-0.2, 0) is 19.3 Å². The Bertz CT molecular complexity index is 1890. The lowest BCUT2D eigenvalue weighted by atomic mass is 9.97. The van der Waals surface area contributed by atoms with E-state index in [0.717, 1.165) is 19.3 Å². The van der Waals surface area contributed by atoms with Gasteiger partial charge in [-0.25, -0.2) is 0 Å². The molecule has 3 heteroatoms. The van der Waals surface area contributed by atoms with E-state index < -0.39 is 24.2 Å². The van der Waals surface area contributed by atoms with Crippen LogP contribution in [0.4, 0.5) is 0 Å². The molecule has 0 bridgehead atoms. The highest BCUT2D eigenvalue weighted by atomic mass is 28.3. The van der Waals surface area contributed by atoms with Gasteiger partial charge in [0.15, 0.2) is 0 Å². The highest BCUT2D eigenvalue weighted by molar-refractivity contribution is 6.93. The summed E-state index contributed by atoms with van der Waals surface area (Å²) in [7, 11) is -4.72. The van der Waals surface area contributed by atoms with Crippen molar-refractivity contribution in [2.45, 2.75) is 71.1 Å². The summed E-state index contributed by atoms with van der Waals surface area (Å²) >= 11 is 0. The van der Waals surface area contributed by atoms with Gasteiger partial charge < -0.3 is 0 Å². The van der Waals surface area contributed by atoms with E-state index >= 15 is 0 Å². The molecule has 0 saturated carbocycles. The molecule has 0 radical (unpaired) electrons. The molecule has 48 heavy (non-hydrogen) atoms. The van der Waals surface area contributed by atoms with Crippen molar-refractivity contribution in [2.24, 2.45) is 0 Å². The minimum absolute atomic E-state index is 1.08. The molecule has 0 fully saturated rings. The Hall–Kier alpha value is -3.77. The third kappa shape index (κ3) is 6.36. The van der Waals surface area contributed by atoms with Crippen LogP contribution in [0.25, 0.3) is 34.4 Å². The average Bonchev–Trinajstić information content (AvgIpc) is 3.73. The average molecular weight is 675 g/mol. The Kier molecular flexibility index (Phi) is 8.60. The zero-order chi connectivity index (χ0) is 33.7. The minimum atomic E-state index is -2.04. The van der Waals surface area contributed by atoms with Crippen molar-refractivity contribution in [1.29, 1.82) is 0 Å². The minimum Gasteiger partial charge on any atom is -0.0712 e. The molecule has 2 aliphatic rings. The van der Waals surface area contributed by atoms with Gasteiger partial charge in [-0.15, -0.1) is 0 Å². The topological polar surface area (TPSA) is 0 Å². The monoisotopic (exact) mass is 674 g/mol. The predicted molar refractivity (Wildman–Crippen MR) is 220 cm³/mol. The highest BCUT2D eigenvalue weighted by Gasteiger charge is 2.40. The molecular weight excluding hydrogens is 625 g/mol. The van der Waals surface area contributed by atoms with E-state index in [9.17, 15) is 0 Å². The van der Waals surface area contributed by atoms with E-state index in [1.807, 2.05) is 0 Å².